The van der Waals surface area contributed by atoms with Gasteiger partial charge in [0.05, 0.1) is 6.10 Å². The van der Waals surface area contributed by atoms with E-state index >= 15 is 0 Å². The molecule has 3 aliphatic carbocycles. The molecule has 3 aliphatic rings. The number of aromatic nitrogens is 1. The zero-order chi connectivity index (χ0) is 12.3. The summed E-state index contributed by atoms with van der Waals surface area (Å²) in [7, 11) is 0. The number of rotatable bonds is 1. The minimum absolute atomic E-state index is 0.202. The van der Waals surface area contributed by atoms with Crippen molar-refractivity contribution in [3.63, 3.8) is 0 Å². The maximum absolute atomic E-state index is 10.2. The molecular weight excluding hydrogens is 222 g/mol. The third-order valence-corrected chi connectivity index (χ3v) is 5.65. The van der Waals surface area contributed by atoms with Gasteiger partial charge < -0.3 is 9.67 Å². The standard InChI is InChI=1S/C16H23NO/c1-10-7-13-14(3-2-4-16(13)18)17(10)15-9-11-5-6-12(15)8-11/h7,11-12,15-16,18H,2-6,8-9H2,1H3. The highest BCUT2D eigenvalue weighted by atomic mass is 16.3. The normalized spacial score (nSPS) is 38.1. The van der Waals surface area contributed by atoms with E-state index < -0.39 is 0 Å². The predicted molar refractivity (Wildman–Crippen MR) is 71.6 cm³/mol. The average Bonchev–Trinajstić information content (AvgIpc) is 3.02. The lowest BCUT2D eigenvalue weighted by atomic mass is 9.92. The van der Waals surface area contributed by atoms with Crippen molar-refractivity contribution in [1.82, 2.24) is 4.57 Å². The molecule has 2 saturated carbocycles. The van der Waals surface area contributed by atoms with Gasteiger partial charge in [-0.15, -0.1) is 0 Å². The van der Waals surface area contributed by atoms with Crippen LogP contribution in [0.3, 0.4) is 0 Å². The summed E-state index contributed by atoms with van der Waals surface area (Å²) in [5, 5.41) is 10.2. The van der Waals surface area contributed by atoms with Gasteiger partial charge in [-0.2, -0.15) is 0 Å². The third kappa shape index (κ3) is 1.45. The lowest BCUT2D eigenvalue weighted by molar-refractivity contribution is 0.154. The van der Waals surface area contributed by atoms with E-state index in [1.165, 1.54) is 49.1 Å². The third-order valence-electron chi connectivity index (χ3n) is 5.65. The number of nitrogens with zero attached hydrogens (tertiary/aromatic N) is 1. The van der Waals surface area contributed by atoms with Crippen LogP contribution in [0.25, 0.3) is 0 Å². The molecule has 0 spiro atoms. The molecule has 1 aromatic rings. The van der Waals surface area contributed by atoms with Gasteiger partial charge in [0.25, 0.3) is 0 Å². The van der Waals surface area contributed by atoms with Crippen molar-refractivity contribution < 1.29 is 5.11 Å². The van der Waals surface area contributed by atoms with E-state index in [2.05, 4.69) is 17.6 Å². The maximum Gasteiger partial charge on any atom is 0.0807 e. The fraction of sp³-hybridized carbons (Fsp3) is 0.750. The largest absolute Gasteiger partial charge is 0.388 e. The fourth-order valence-corrected chi connectivity index (χ4v) is 4.89. The number of aliphatic hydroxyl groups is 1. The zero-order valence-corrected chi connectivity index (χ0v) is 11.2. The molecular formula is C16H23NO. The predicted octanol–water partition coefficient (Wildman–Crippen LogP) is 3.53. The fourth-order valence-electron chi connectivity index (χ4n) is 4.89. The lowest BCUT2D eigenvalue weighted by Crippen LogP contribution is -2.21. The van der Waals surface area contributed by atoms with Crippen LogP contribution in [-0.4, -0.2) is 9.67 Å². The van der Waals surface area contributed by atoms with Crippen LogP contribution in [0.2, 0.25) is 0 Å². The number of aryl methyl sites for hydroxylation is 1. The molecule has 4 rings (SSSR count). The summed E-state index contributed by atoms with van der Waals surface area (Å²) in [5.41, 5.74) is 4.09. The Morgan fingerprint density at radius 1 is 1.22 bits per heavy atom. The topological polar surface area (TPSA) is 25.2 Å². The molecule has 2 nitrogen and oxygen atoms in total. The molecule has 0 radical (unpaired) electrons. The minimum Gasteiger partial charge on any atom is -0.388 e. The Balaban J connectivity index is 1.76. The van der Waals surface area contributed by atoms with Gasteiger partial charge in [0, 0.05) is 23.0 Å². The van der Waals surface area contributed by atoms with Gasteiger partial charge >= 0.3 is 0 Å². The Labute approximate surface area is 109 Å². The molecule has 4 unspecified atom stereocenters. The summed E-state index contributed by atoms with van der Waals surface area (Å²) < 4.78 is 2.61. The summed E-state index contributed by atoms with van der Waals surface area (Å²) in [6, 6.07) is 3.00. The van der Waals surface area contributed by atoms with E-state index in [1.807, 2.05) is 0 Å². The van der Waals surface area contributed by atoms with Gasteiger partial charge in [-0.1, -0.05) is 6.42 Å². The maximum atomic E-state index is 10.2. The van der Waals surface area contributed by atoms with Crippen LogP contribution in [0, 0.1) is 18.8 Å². The second kappa shape index (κ2) is 3.86. The van der Waals surface area contributed by atoms with E-state index in [-0.39, 0.29) is 6.10 Å². The minimum atomic E-state index is -0.202. The first-order valence-electron chi connectivity index (χ1n) is 7.62. The van der Waals surface area contributed by atoms with Crippen LogP contribution in [0.5, 0.6) is 0 Å². The highest BCUT2D eigenvalue weighted by Gasteiger charge is 2.42. The van der Waals surface area contributed by atoms with Gasteiger partial charge in [-0.05, 0) is 63.4 Å². The Bertz CT molecular complexity index is 476. The van der Waals surface area contributed by atoms with E-state index in [1.54, 1.807) is 0 Å². The second-order valence-corrected chi connectivity index (χ2v) is 6.71. The highest BCUT2D eigenvalue weighted by molar-refractivity contribution is 5.33. The molecule has 0 amide bonds. The van der Waals surface area contributed by atoms with Crippen LogP contribution in [0.1, 0.15) is 67.6 Å². The Hall–Kier alpha value is -0.760. The van der Waals surface area contributed by atoms with Crippen LogP contribution in [-0.2, 0) is 6.42 Å². The summed E-state index contributed by atoms with van der Waals surface area (Å²) in [6.07, 6.45) is 8.82. The number of aliphatic hydroxyl groups excluding tert-OH is 1. The second-order valence-electron chi connectivity index (χ2n) is 6.71. The van der Waals surface area contributed by atoms with E-state index in [9.17, 15) is 5.11 Å². The van der Waals surface area contributed by atoms with Gasteiger partial charge in [0.2, 0.25) is 0 Å². The molecule has 98 valence electrons. The number of fused-ring (bicyclic) bond motifs is 3. The zero-order valence-electron chi connectivity index (χ0n) is 11.2. The van der Waals surface area contributed by atoms with Crippen LogP contribution in [0.15, 0.2) is 6.07 Å². The van der Waals surface area contributed by atoms with Crippen LogP contribution < -0.4 is 0 Å². The molecule has 1 aromatic heterocycles. The van der Waals surface area contributed by atoms with Crippen molar-refractivity contribution in [2.75, 3.05) is 0 Å². The van der Waals surface area contributed by atoms with Gasteiger partial charge in [-0.3, -0.25) is 0 Å². The number of hydrogen-bond donors (Lipinski definition) is 1. The van der Waals surface area contributed by atoms with Crippen molar-refractivity contribution >= 4 is 0 Å². The first kappa shape index (κ1) is 11.1. The molecule has 2 heteroatoms. The van der Waals surface area contributed by atoms with E-state index in [0.29, 0.717) is 0 Å². The van der Waals surface area contributed by atoms with Crippen molar-refractivity contribution in [3.05, 3.63) is 23.0 Å². The molecule has 0 saturated heterocycles. The lowest BCUT2D eigenvalue weighted by Gasteiger charge is -2.29. The first-order chi connectivity index (χ1) is 8.74. The molecule has 1 N–H and O–H groups in total. The summed E-state index contributed by atoms with van der Waals surface area (Å²) >= 11 is 0. The smallest absolute Gasteiger partial charge is 0.0807 e. The molecule has 4 atom stereocenters. The van der Waals surface area contributed by atoms with Crippen LogP contribution in [0.4, 0.5) is 0 Å². The average molecular weight is 245 g/mol. The Morgan fingerprint density at radius 3 is 2.83 bits per heavy atom. The highest BCUT2D eigenvalue weighted by Crippen LogP contribution is 2.52. The molecule has 0 aromatic carbocycles. The van der Waals surface area contributed by atoms with Crippen molar-refractivity contribution in [2.24, 2.45) is 11.8 Å². The molecule has 0 aliphatic heterocycles. The number of hydrogen-bond acceptors (Lipinski definition) is 1. The Kier molecular flexibility index (Phi) is 2.38. The van der Waals surface area contributed by atoms with E-state index in [4.69, 9.17) is 0 Å². The molecule has 2 bridgehead atoms. The van der Waals surface area contributed by atoms with Gasteiger partial charge in [0.15, 0.2) is 0 Å². The van der Waals surface area contributed by atoms with E-state index in [0.717, 1.165) is 30.7 Å². The molecule has 2 fully saturated rings. The first-order valence-corrected chi connectivity index (χ1v) is 7.62. The van der Waals surface area contributed by atoms with Gasteiger partial charge in [0.1, 0.15) is 0 Å². The summed E-state index contributed by atoms with van der Waals surface area (Å²) in [4.78, 5) is 0. The summed E-state index contributed by atoms with van der Waals surface area (Å²) in [5.74, 6) is 1.91. The van der Waals surface area contributed by atoms with Crippen LogP contribution >= 0.6 is 0 Å². The SMILES string of the molecule is Cc1cc2c(n1C1CC3CCC1C3)CCCC2O. The van der Waals surface area contributed by atoms with Crippen molar-refractivity contribution in [3.8, 4) is 0 Å². The Morgan fingerprint density at radius 2 is 2.11 bits per heavy atom. The van der Waals surface area contributed by atoms with Crippen molar-refractivity contribution in [2.45, 2.75) is 64.0 Å². The summed E-state index contributed by atoms with van der Waals surface area (Å²) in [6.45, 7) is 2.23. The molecule has 18 heavy (non-hydrogen) atoms. The van der Waals surface area contributed by atoms with Gasteiger partial charge in [-0.25, -0.2) is 0 Å². The molecule has 1 heterocycles. The van der Waals surface area contributed by atoms with Crippen molar-refractivity contribution in [1.29, 1.82) is 0 Å². The monoisotopic (exact) mass is 245 g/mol. The quantitative estimate of drug-likeness (QED) is 0.804.